The Labute approximate surface area is 118 Å². The van der Waals surface area contributed by atoms with Crippen LogP contribution in [0, 0.1) is 0 Å². The number of nitrogens with one attached hydrogen (secondary N) is 1. The number of pyridine rings is 1. The molecular weight excluding hydrogens is 292 g/mol. The number of hydrogen-bond donors (Lipinski definition) is 2. The van der Waals surface area contributed by atoms with E-state index >= 15 is 0 Å². The second-order valence-corrected chi connectivity index (χ2v) is 5.81. The zero-order valence-corrected chi connectivity index (χ0v) is 13.2. The highest BCUT2D eigenvalue weighted by Crippen LogP contribution is 2.21. The molecule has 3 N–H and O–H groups in total. The minimum atomic E-state index is 0.551. The van der Waals surface area contributed by atoms with Gasteiger partial charge >= 0.3 is 0 Å². The number of nitrogen functional groups attached to an aromatic ring is 1. The van der Waals surface area contributed by atoms with Crippen LogP contribution >= 0.6 is 15.9 Å². The van der Waals surface area contributed by atoms with Crippen LogP contribution in [0.5, 0.6) is 0 Å². The summed E-state index contributed by atoms with van der Waals surface area (Å²) in [5.74, 6) is 0.844. The van der Waals surface area contributed by atoms with Crippen molar-refractivity contribution < 1.29 is 0 Å². The molecule has 0 amide bonds. The molecule has 1 aromatic heterocycles. The van der Waals surface area contributed by atoms with Gasteiger partial charge in [-0.3, -0.25) is 4.90 Å². The Kier molecular flexibility index (Phi) is 5.88. The Balaban J connectivity index is 2.50. The lowest BCUT2D eigenvalue weighted by Crippen LogP contribution is -2.40. The highest BCUT2D eigenvalue weighted by atomic mass is 79.9. The van der Waals surface area contributed by atoms with Crippen LogP contribution in [0.25, 0.3) is 0 Å². The zero-order valence-electron chi connectivity index (χ0n) is 11.6. The van der Waals surface area contributed by atoms with Crippen molar-refractivity contribution >= 4 is 27.4 Å². The van der Waals surface area contributed by atoms with Crippen LogP contribution in [-0.2, 0) is 0 Å². The van der Waals surface area contributed by atoms with Crippen molar-refractivity contribution in [3.05, 3.63) is 16.7 Å². The molecule has 0 aliphatic rings. The second kappa shape index (κ2) is 6.95. The maximum atomic E-state index is 5.66. The molecule has 0 saturated carbocycles. The zero-order chi connectivity index (χ0) is 13.7. The molecule has 0 saturated heterocycles. The van der Waals surface area contributed by atoms with Crippen molar-refractivity contribution in [3.63, 3.8) is 0 Å². The van der Waals surface area contributed by atoms with Gasteiger partial charge in [0.25, 0.3) is 0 Å². The third-order valence-corrected chi connectivity index (χ3v) is 3.46. The number of hydrogen-bond acceptors (Lipinski definition) is 4. The first-order valence-corrected chi connectivity index (χ1v) is 7.11. The van der Waals surface area contributed by atoms with Crippen LogP contribution in [0.3, 0.4) is 0 Å². The molecule has 0 aliphatic heterocycles. The second-order valence-electron chi connectivity index (χ2n) is 4.95. The molecule has 1 aromatic rings. The van der Waals surface area contributed by atoms with Gasteiger partial charge in [0.1, 0.15) is 5.82 Å². The summed E-state index contributed by atoms with van der Waals surface area (Å²) in [7, 11) is 0. The molecule has 0 fully saturated rings. The lowest BCUT2D eigenvalue weighted by molar-refractivity contribution is 0.182. The fourth-order valence-corrected chi connectivity index (χ4v) is 2.51. The quantitative estimate of drug-likeness (QED) is 0.847. The van der Waals surface area contributed by atoms with Crippen LogP contribution < -0.4 is 11.1 Å². The van der Waals surface area contributed by atoms with Crippen molar-refractivity contribution in [2.24, 2.45) is 0 Å². The first-order valence-electron chi connectivity index (χ1n) is 6.32. The molecule has 0 spiro atoms. The van der Waals surface area contributed by atoms with Gasteiger partial charge in [0.2, 0.25) is 0 Å². The smallest absolute Gasteiger partial charge is 0.140 e. The summed E-state index contributed by atoms with van der Waals surface area (Å²) in [5.41, 5.74) is 6.32. The van der Waals surface area contributed by atoms with E-state index in [1.54, 1.807) is 6.20 Å². The molecule has 0 radical (unpaired) electrons. The van der Waals surface area contributed by atoms with Gasteiger partial charge in [0.05, 0.1) is 16.4 Å². The number of halogens is 1. The Hall–Kier alpha value is -0.810. The van der Waals surface area contributed by atoms with Crippen LogP contribution in [-0.4, -0.2) is 35.1 Å². The fourth-order valence-electron chi connectivity index (χ4n) is 2.00. The predicted octanol–water partition coefficient (Wildman–Crippen LogP) is 2.96. The molecule has 0 aromatic carbocycles. The largest absolute Gasteiger partial charge is 0.397 e. The normalized spacial score (nSPS) is 11.6. The van der Waals surface area contributed by atoms with Crippen molar-refractivity contribution in [1.29, 1.82) is 0 Å². The van der Waals surface area contributed by atoms with Crippen molar-refractivity contribution in [1.82, 2.24) is 9.88 Å². The number of nitrogens with two attached hydrogens (primary N) is 1. The van der Waals surface area contributed by atoms with Crippen molar-refractivity contribution in [3.8, 4) is 0 Å². The third-order valence-electron chi connectivity index (χ3n) is 2.85. The van der Waals surface area contributed by atoms with Crippen molar-refractivity contribution in [2.45, 2.75) is 39.8 Å². The molecule has 5 heteroatoms. The average Bonchev–Trinajstić information content (AvgIpc) is 2.25. The Morgan fingerprint density at radius 3 is 2.44 bits per heavy atom. The minimum absolute atomic E-state index is 0.551. The van der Waals surface area contributed by atoms with E-state index in [0.29, 0.717) is 17.8 Å². The monoisotopic (exact) mass is 314 g/mol. The van der Waals surface area contributed by atoms with E-state index in [-0.39, 0.29) is 0 Å². The molecule has 0 aliphatic carbocycles. The number of anilines is 2. The summed E-state index contributed by atoms with van der Waals surface area (Å²) in [6, 6.07) is 2.96. The first-order chi connectivity index (χ1) is 8.41. The van der Waals surface area contributed by atoms with E-state index in [2.05, 4.69) is 58.8 Å². The first kappa shape index (κ1) is 15.2. The highest BCUT2D eigenvalue weighted by molar-refractivity contribution is 9.10. The van der Waals surface area contributed by atoms with Gasteiger partial charge in [0, 0.05) is 25.2 Å². The summed E-state index contributed by atoms with van der Waals surface area (Å²) < 4.78 is 0.906. The molecule has 102 valence electrons. The topological polar surface area (TPSA) is 54.2 Å². The summed E-state index contributed by atoms with van der Waals surface area (Å²) in [5, 5.41) is 3.33. The van der Waals surface area contributed by atoms with Gasteiger partial charge in [-0.2, -0.15) is 0 Å². The molecule has 0 bridgehead atoms. The van der Waals surface area contributed by atoms with Gasteiger partial charge in [-0.1, -0.05) is 0 Å². The van der Waals surface area contributed by atoms with Crippen molar-refractivity contribution in [2.75, 3.05) is 24.1 Å². The molecular formula is C13H23BrN4. The highest BCUT2D eigenvalue weighted by Gasteiger charge is 2.12. The van der Waals surface area contributed by atoms with Gasteiger partial charge < -0.3 is 11.1 Å². The third kappa shape index (κ3) is 4.46. The fraction of sp³-hybridized carbons (Fsp3) is 0.615. The molecule has 1 heterocycles. The van der Waals surface area contributed by atoms with Crippen LogP contribution in [0.2, 0.25) is 0 Å². The van der Waals surface area contributed by atoms with E-state index in [1.807, 2.05) is 6.07 Å². The van der Waals surface area contributed by atoms with Gasteiger partial charge in [-0.05, 0) is 49.7 Å². The maximum Gasteiger partial charge on any atom is 0.140 e. The standard InChI is InChI=1S/C13H23BrN4/c1-9(2)18(10(3)4)6-5-16-13-12(14)7-11(15)8-17-13/h7-10H,5-6,15H2,1-4H3,(H,16,17). The summed E-state index contributed by atoms with van der Waals surface area (Å²) in [6.45, 7) is 10.7. The number of rotatable bonds is 6. The Morgan fingerprint density at radius 1 is 1.33 bits per heavy atom. The lowest BCUT2D eigenvalue weighted by atomic mass is 10.2. The van der Waals surface area contributed by atoms with Crippen LogP contribution in [0.1, 0.15) is 27.7 Å². The SMILES string of the molecule is CC(C)N(CCNc1ncc(N)cc1Br)C(C)C. The van der Waals surface area contributed by atoms with E-state index in [9.17, 15) is 0 Å². The summed E-state index contributed by atoms with van der Waals surface area (Å²) in [4.78, 5) is 6.71. The summed E-state index contributed by atoms with van der Waals surface area (Å²) in [6.07, 6.45) is 1.66. The van der Waals surface area contributed by atoms with E-state index < -0.39 is 0 Å². The van der Waals surface area contributed by atoms with E-state index in [0.717, 1.165) is 23.4 Å². The maximum absolute atomic E-state index is 5.66. The molecule has 4 nitrogen and oxygen atoms in total. The predicted molar refractivity (Wildman–Crippen MR) is 81.8 cm³/mol. The Morgan fingerprint density at radius 2 is 1.94 bits per heavy atom. The summed E-state index contributed by atoms with van der Waals surface area (Å²) >= 11 is 3.45. The van der Waals surface area contributed by atoms with Crippen LogP contribution in [0.15, 0.2) is 16.7 Å². The molecule has 0 unspecified atom stereocenters. The Bertz CT molecular complexity index is 371. The molecule has 18 heavy (non-hydrogen) atoms. The van der Waals surface area contributed by atoms with Gasteiger partial charge in [-0.25, -0.2) is 4.98 Å². The number of nitrogens with zero attached hydrogens (tertiary/aromatic N) is 2. The van der Waals surface area contributed by atoms with E-state index in [1.165, 1.54) is 0 Å². The van der Waals surface area contributed by atoms with Crippen LogP contribution in [0.4, 0.5) is 11.5 Å². The van der Waals surface area contributed by atoms with Gasteiger partial charge in [0.15, 0.2) is 0 Å². The van der Waals surface area contributed by atoms with Gasteiger partial charge in [-0.15, -0.1) is 0 Å². The van der Waals surface area contributed by atoms with E-state index in [4.69, 9.17) is 5.73 Å². The molecule has 0 atom stereocenters. The minimum Gasteiger partial charge on any atom is -0.397 e. The number of aromatic nitrogens is 1. The molecule has 1 rings (SSSR count). The lowest BCUT2D eigenvalue weighted by Gasteiger charge is -2.30. The average molecular weight is 315 g/mol.